The van der Waals surface area contributed by atoms with Crippen molar-refractivity contribution in [3.63, 3.8) is 0 Å². The van der Waals surface area contributed by atoms with Gasteiger partial charge < -0.3 is 20.1 Å². The first kappa shape index (κ1) is 9.28. The fourth-order valence-corrected chi connectivity index (χ4v) is 1.29. The molecule has 0 bridgehead atoms. The second-order valence-corrected chi connectivity index (χ2v) is 3.27. The summed E-state index contributed by atoms with van der Waals surface area (Å²) in [5.41, 5.74) is 0. The third kappa shape index (κ3) is 1.86. The Morgan fingerprint density at radius 3 is 2.55 bits per heavy atom. The number of ether oxygens (including phenoxy) is 1. The van der Waals surface area contributed by atoms with E-state index in [4.69, 9.17) is 9.84 Å². The molecule has 3 N–H and O–H groups in total. The molecule has 1 heterocycles. The number of hydrogen-bond donors (Lipinski definition) is 4. The van der Waals surface area contributed by atoms with Gasteiger partial charge in [0, 0.05) is 0 Å². The Morgan fingerprint density at radius 1 is 1.36 bits per heavy atom. The molecule has 0 aromatic heterocycles. The lowest BCUT2D eigenvalue weighted by molar-refractivity contribution is -0.143. The maximum Gasteiger partial charge on any atom is 0.109 e. The first-order valence-corrected chi connectivity index (χ1v) is 3.95. The van der Waals surface area contributed by atoms with Crippen LogP contribution in [0.1, 0.15) is 0 Å². The van der Waals surface area contributed by atoms with Crippen LogP contribution >= 0.6 is 12.6 Å². The van der Waals surface area contributed by atoms with Gasteiger partial charge in [0.15, 0.2) is 0 Å². The standard InChI is InChI=1S/C6H12O4S/c7-1-3-5(8)6(9)4(11)2-10-3/h3-9,11H,1-2H2/t3-,4+,5+,6-/m1/s1. The summed E-state index contributed by atoms with van der Waals surface area (Å²) >= 11 is 3.98. The average Bonchev–Trinajstić information content (AvgIpc) is 2.01. The molecule has 1 fully saturated rings. The van der Waals surface area contributed by atoms with E-state index in [-0.39, 0.29) is 18.5 Å². The van der Waals surface area contributed by atoms with E-state index < -0.39 is 18.3 Å². The average molecular weight is 180 g/mol. The smallest absolute Gasteiger partial charge is 0.109 e. The molecule has 5 heteroatoms. The molecule has 0 aromatic rings. The lowest BCUT2D eigenvalue weighted by atomic mass is 10.0. The van der Waals surface area contributed by atoms with Crippen molar-refractivity contribution >= 4 is 12.6 Å². The van der Waals surface area contributed by atoms with Crippen molar-refractivity contribution in [2.24, 2.45) is 0 Å². The van der Waals surface area contributed by atoms with Crippen molar-refractivity contribution in [2.75, 3.05) is 13.2 Å². The Labute approximate surface area is 70.2 Å². The number of aliphatic hydroxyl groups excluding tert-OH is 3. The van der Waals surface area contributed by atoms with Crippen molar-refractivity contribution in [1.29, 1.82) is 0 Å². The zero-order valence-electron chi connectivity index (χ0n) is 5.92. The molecule has 0 saturated carbocycles. The summed E-state index contributed by atoms with van der Waals surface area (Å²) < 4.78 is 4.99. The van der Waals surface area contributed by atoms with Crippen molar-refractivity contribution in [3.8, 4) is 0 Å². The first-order chi connectivity index (χ1) is 5.16. The number of rotatable bonds is 1. The lowest BCUT2D eigenvalue weighted by Crippen LogP contribution is -2.52. The summed E-state index contributed by atoms with van der Waals surface area (Å²) in [6, 6.07) is 0. The van der Waals surface area contributed by atoms with Gasteiger partial charge in [0.05, 0.1) is 24.6 Å². The summed E-state index contributed by atoms with van der Waals surface area (Å²) in [5, 5.41) is 26.7. The molecule has 0 unspecified atom stereocenters. The maximum absolute atomic E-state index is 9.23. The SMILES string of the molecule is OC[C@H]1OC[C@H](S)[C@@H](O)[C@H]1O. The molecule has 4 atom stereocenters. The van der Waals surface area contributed by atoms with Crippen LogP contribution in [0.5, 0.6) is 0 Å². The zero-order chi connectivity index (χ0) is 8.43. The molecule has 4 nitrogen and oxygen atoms in total. The van der Waals surface area contributed by atoms with Crippen molar-refractivity contribution in [2.45, 2.75) is 23.6 Å². The third-order valence-electron chi connectivity index (χ3n) is 1.79. The van der Waals surface area contributed by atoms with Crippen LogP contribution in [0.4, 0.5) is 0 Å². The highest BCUT2D eigenvalue weighted by Crippen LogP contribution is 2.18. The van der Waals surface area contributed by atoms with Crippen molar-refractivity contribution < 1.29 is 20.1 Å². The van der Waals surface area contributed by atoms with E-state index in [1.54, 1.807) is 0 Å². The van der Waals surface area contributed by atoms with E-state index in [1.807, 2.05) is 0 Å². The highest BCUT2D eigenvalue weighted by molar-refractivity contribution is 7.81. The van der Waals surface area contributed by atoms with Crippen LogP contribution < -0.4 is 0 Å². The van der Waals surface area contributed by atoms with Crippen LogP contribution in [-0.4, -0.2) is 52.1 Å². The van der Waals surface area contributed by atoms with E-state index >= 15 is 0 Å². The van der Waals surface area contributed by atoms with Crippen molar-refractivity contribution in [1.82, 2.24) is 0 Å². The summed E-state index contributed by atoms with van der Waals surface area (Å²) in [6.45, 7) is -0.0225. The lowest BCUT2D eigenvalue weighted by Gasteiger charge is -2.34. The predicted octanol–water partition coefficient (Wildman–Crippen LogP) is -1.60. The van der Waals surface area contributed by atoms with E-state index in [0.29, 0.717) is 0 Å². The van der Waals surface area contributed by atoms with Gasteiger partial charge in [-0.05, 0) is 0 Å². The molecule has 0 aromatic carbocycles. The van der Waals surface area contributed by atoms with Crippen LogP contribution in [0.2, 0.25) is 0 Å². The number of aliphatic hydroxyl groups is 3. The summed E-state index contributed by atoms with van der Waals surface area (Å²) in [7, 11) is 0. The maximum atomic E-state index is 9.23. The molecule has 1 aliphatic rings. The fourth-order valence-electron chi connectivity index (χ4n) is 1.03. The van der Waals surface area contributed by atoms with Crippen molar-refractivity contribution in [3.05, 3.63) is 0 Å². The van der Waals surface area contributed by atoms with Gasteiger partial charge in [-0.15, -0.1) is 0 Å². The van der Waals surface area contributed by atoms with Gasteiger partial charge in [-0.1, -0.05) is 0 Å². The molecule has 1 rings (SSSR count). The minimum atomic E-state index is -1.03. The molecular weight excluding hydrogens is 168 g/mol. The fraction of sp³-hybridized carbons (Fsp3) is 1.00. The quantitative estimate of drug-likeness (QED) is 0.367. The van der Waals surface area contributed by atoms with Gasteiger partial charge in [0.2, 0.25) is 0 Å². The van der Waals surface area contributed by atoms with Gasteiger partial charge in [-0.25, -0.2) is 0 Å². The van der Waals surface area contributed by atoms with Gasteiger partial charge in [-0.2, -0.15) is 12.6 Å². The molecule has 0 radical (unpaired) electrons. The Bertz CT molecular complexity index is 130. The summed E-state index contributed by atoms with van der Waals surface area (Å²) in [5.74, 6) is 0. The minimum Gasteiger partial charge on any atom is -0.394 e. The highest BCUT2D eigenvalue weighted by Gasteiger charge is 2.35. The van der Waals surface area contributed by atoms with Gasteiger partial charge in [0.25, 0.3) is 0 Å². The molecule has 0 aliphatic carbocycles. The molecule has 11 heavy (non-hydrogen) atoms. The molecule has 0 spiro atoms. The first-order valence-electron chi connectivity index (χ1n) is 3.43. The Hall–Kier alpha value is 0.190. The number of hydrogen-bond acceptors (Lipinski definition) is 5. The number of thiol groups is 1. The molecule has 0 amide bonds. The Morgan fingerprint density at radius 2 is 2.00 bits per heavy atom. The van der Waals surface area contributed by atoms with E-state index in [2.05, 4.69) is 12.6 Å². The van der Waals surface area contributed by atoms with E-state index in [0.717, 1.165) is 0 Å². The topological polar surface area (TPSA) is 69.9 Å². The second-order valence-electron chi connectivity index (χ2n) is 2.60. The normalized spacial score (nSPS) is 45.8. The zero-order valence-corrected chi connectivity index (χ0v) is 6.82. The monoisotopic (exact) mass is 180 g/mol. The third-order valence-corrected chi connectivity index (χ3v) is 2.24. The van der Waals surface area contributed by atoms with Crippen LogP contribution in [0.15, 0.2) is 0 Å². The largest absolute Gasteiger partial charge is 0.394 e. The predicted molar refractivity (Wildman–Crippen MR) is 41.6 cm³/mol. The van der Waals surface area contributed by atoms with Crippen LogP contribution in [-0.2, 0) is 4.74 Å². The van der Waals surface area contributed by atoms with E-state index in [1.165, 1.54) is 0 Å². The minimum absolute atomic E-state index is 0.257. The highest BCUT2D eigenvalue weighted by atomic mass is 32.1. The van der Waals surface area contributed by atoms with Crippen LogP contribution in [0.25, 0.3) is 0 Å². The Kier molecular flexibility index (Phi) is 3.15. The van der Waals surface area contributed by atoms with Crippen LogP contribution in [0, 0.1) is 0 Å². The molecule has 66 valence electrons. The summed E-state index contributed by atoms with van der Waals surface area (Å²) in [4.78, 5) is 0. The van der Waals surface area contributed by atoms with E-state index in [9.17, 15) is 10.2 Å². The van der Waals surface area contributed by atoms with Gasteiger partial charge >= 0.3 is 0 Å². The van der Waals surface area contributed by atoms with Gasteiger partial charge in [-0.3, -0.25) is 0 Å². The van der Waals surface area contributed by atoms with Crippen LogP contribution in [0.3, 0.4) is 0 Å². The molecular formula is C6H12O4S. The summed E-state index contributed by atoms with van der Waals surface area (Å²) in [6.07, 6.45) is -2.62. The molecule has 1 aliphatic heterocycles. The molecule has 1 saturated heterocycles. The van der Waals surface area contributed by atoms with Gasteiger partial charge in [0.1, 0.15) is 12.2 Å². The second kappa shape index (κ2) is 3.73. The Balaban J connectivity index is 2.52.